The average Bonchev–Trinajstić information content (AvgIpc) is 2.96. The number of amides is 1. The number of hydrogen-bond donors (Lipinski definition) is 1. The van der Waals surface area contributed by atoms with Gasteiger partial charge in [-0.05, 0) is 35.4 Å². The predicted molar refractivity (Wildman–Crippen MR) is 89.9 cm³/mol. The Morgan fingerprint density at radius 3 is 2.46 bits per heavy atom. The molecular formula is C19H16FNO3. The molecule has 2 aromatic rings. The molecular weight excluding hydrogens is 309 g/mol. The minimum Gasteiger partial charge on any atom is -0.481 e. The minimum atomic E-state index is -0.944. The van der Waals surface area contributed by atoms with Crippen LogP contribution < -0.4 is 4.90 Å². The average molecular weight is 325 g/mol. The normalized spacial score (nSPS) is 17.6. The second kappa shape index (κ2) is 6.66. The maximum Gasteiger partial charge on any atom is 0.308 e. The van der Waals surface area contributed by atoms with Gasteiger partial charge in [-0.3, -0.25) is 9.59 Å². The molecule has 1 unspecified atom stereocenters. The Hall–Kier alpha value is -2.95. The topological polar surface area (TPSA) is 57.6 Å². The van der Waals surface area contributed by atoms with Crippen LogP contribution in [0.15, 0.2) is 48.5 Å². The van der Waals surface area contributed by atoms with Crippen LogP contribution in [0.2, 0.25) is 0 Å². The van der Waals surface area contributed by atoms with Gasteiger partial charge >= 0.3 is 5.97 Å². The standard InChI is InChI=1S/C19H16FNO3/c20-16-3-1-2-14(10-16)5-4-13-6-8-17(9-7-13)21-12-15(19(23)24)11-18(21)22/h1-10,15H,11-12H2,(H,23,24). The van der Waals surface area contributed by atoms with E-state index in [1.807, 2.05) is 24.3 Å². The van der Waals surface area contributed by atoms with E-state index in [-0.39, 0.29) is 24.7 Å². The summed E-state index contributed by atoms with van der Waals surface area (Å²) in [7, 11) is 0. The number of halogens is 1. The Kier molecular flexibility index (Phi) is 4.42. The number of benzene rings is 2. The molecule has 0 bridgehead atoms. The quantitative estimate of drug-likeness (QED) is 0.876. The van der Waals surface area contributed by atoms with E-state index in [9.17, 15) is 14.0 Å². The van der Waals surface area contributed by atoms with Crippen molar-refractivity contribution in [1.82, 2.24) is 0 Å². The van der Waals surface area contributed by atoms with E-state index < -0.39 is 11.9 Å². The minimum absolute atomic E-state index is 0.0383. The Morgan fingerprint density at radius 2 is 1.83 bits per heavy atom. The third-order valence-electron chi connectivity index (χ3n) is 4.00. The number of hydrogen-bond acceptors (Lipinski definition) is 2. The van der Waals surface area contributed by atoms with Crippen LogP contribution in [-0.2, 0) is 9.59 Å². The van der Waals surface area contributed by atoms with Crippen LogP contribution in [-0.4, -0.2) is 23.5 Å². The molecule has 122 valence electrons. The summed E-state index contributed by atoms with van der Waals surface area (Å²) < 4.78 is 13.1. The van der Waals surface area contributed by atoms with Crippen molar-refractivity contribution in [2.75, 3.05) is 11.4 Å². The van der Waals surface area contributed by atoms with E-state index in [0.717, 1.165) is 11.1 Å². The third-order valence-corrected chi connectivity index (χ3v) is 4.00. The number of nitrogens with zero attached hydrogens (tertiary/aromatic N) is 1. The largest absolute Gasteiger partial charge is 0.481 e. The van der Waals surface area contributed by atoms with Crippen LogP contribution in [0.4, 0.5) is 10.1 Å². The van der Waals surface area contributed by atoms with Crippen molar-refractivity contribution in [3.8, 4) is 0 Å². The first-order valence-corrected chi connectivity index (χ1v) is 7.60. The second-order valence-electron chi connectivity index (χ2n) is 5.72. The molecule has 4 nitrogen and oxygen atoms in total. The SMILES string of the molecule is O=C(O)C1CC(=O)N(c2ccc(C=Cc3cccc(F)c3)cc2)C1. The van der Waals surface area contributed by atoms with Gasteiger partial charge in [0.15, 0.2) is 0 Å². The zero-order chi connectivity index (χ0) is 17.1. The van der Waals surface area contributed by atoms with Crippen LogP contribution in [0.25, 0.3) is 12.2 Å². The molecule has 1 aliphatic heterocycles. The summed E-state index contributed by atoms with van der Waals surface area (Å²) in [5.41, 5.74) is 2.36. The first-order valence-electron chi connectivity index (χ1n) is 7.60. The molecule has 1 N–H and O–H groups in total. The summed E-state index contributed by atoms with van der Waals surface area (Å²) in [6.45, 7) is 0.201. The van der Waals surface area contributed by atoms with Gasteiger partial charge < -0.3 is 10.0 Å². The highest BCUT2D eigenvalue weighted by Gasteiger charge is 2.34. The summed E-state index contributed by atoms with van der Waals surface area (Å²) in [5, 5.41) is 9.02. The molecule has 2 aromatic carbocycles. The Balaban J connectivity index is 1.72. The maximum absolute atomic E-state index is 13.1. The fraction of sp³-hybridized carbons (Fsp3) is 0.158. The van der Waals surface area contributed by atoms with Crippen LogP contribution >= 0.6 is 0 Å². The van der Waals surface area contributed by atoms with Crippen molar-refractivity contribution >= 4 is 29.7 Å². The molecule has 24 heavy (non-hydrogen) atoms. The molecule has 1 fully saturated rings. The highest BCUT2D eigenvalue weighted by Crippen LogP contribution is 2.25. The Morgan fingerprint density at radius 1 is 1.12 bits per heavy atom. The first-order chi connectivity index (χ1) is 11.5. The maximum atomic E-state index is 13.1. The molecule has 1 aliphatic rings. The molecule has 5 heteroatoms. The lowest BCUT2D eigenvalue weighted by Crippen LogP contribution is -2.25. The van der Waals surface area contributed by atoms with Gasteiger partial charge in [-0.25, -0.2) is 4.39 Å². The van der Waals surface area contributed by atoms with E-state index in [2.05, 4.69) is 0 Å². The van der Waals surface area contributed by atoms with Crippen molar-refractivity contribution in [3.05, 3.63) is 65.5 Å². The molecule has 0 saturated carbocycles. The van der Waals surface area contributed by atoms with E-state index in [1.165, 1.54) is 17.0 Å². The van der Waals surface area contributed by atoms with Gasteiger partial charge in [0.2, 0.25) is 5.91 Å². The first kappa shape index (κ1) is 15.9. The summed E-state index contributed by atoms with van der Waals surface area (Å²) in [6, 6.07) is 13.5. The van der Waals surface area contributed by atoms with Gasteiger partial charge in [0.1, 0.15) is 5.82 Å². The van der Waals surface area contributed by atoms with Crippen LogP contribution in [0.3, 0.4) is 0 Å². The van der Waals surface area contributed by atoms with Crippen molar-refractivity contribution in [2.45, 2.75) is 6.42 Å². The molecule has 1 atom stereocenters. The monoisotopic (exact) mass is 325 g/mol. The van der Waals surface area contributed by atoms with Gasteiger partial charge in [-0.15, -0.1) is 0 Å². The van der Waals surface area contributed by atoms with Gasteiger partial charge in [-0.1, -0.05) is 36.4 Å². The van der Waals surface area contributed by atoms with Gasteiger partial charge in [0.05, 0.1) is 5.92 Å². The summed E-state index contributed by atoms with van der Waals surface area (Å²) in [4.78, 5) is 24.4. The fourth-order valence-corrected chi connectivity index (χ4v) is 2.69. The second-order valence-corrected chi connectivity index (χ2v) is 5.72. The van der Waals surface area contributed by atoms with Crippen LogP contribution in [0.5, 0.6) is 0 Å². The van der Waals surface area contributed by atoms with E-state index in [4.69, 9.17) is 5.11 Å². The molecule has 1 amide bonds. The number of anilines is 1. The van der Waals surface area contributed by atoms with E-state index in [1.54, 1.807) is 24.3 Å². The van der Waals surface area contributed by atoms with Gasteiger partial charge in [0, 0.05) is 18.7 Å². The van der Waals surface area contributed by atoms with Crippen LogP contribution in [0.1, 0.15) is 17.5 Å². The molecule has 3 rings (SSSR count). The number of aliphatic carboxylic acids is 1. The fourth-order valence-electron chi connectivity index (χ4n) is 2.69. The Bertz CT molecular complexity index is 799. The lowest BCUT2D eigenvalue weighted by molar-refractivity contribution is -0.141. The zero-order valence-corrected chi connectivity index (χ0v) is 12.9. The summed E-state index contributed by atoms with van der Waals surface area (Å²) in [5.74, 6) is -2.05. The number of carboxylic acid groups (broad SMARTS) is 1. The predicted octanol–water partition coefficient (Wildman–Crippen LogP) is 3.43. The summed E-state index contributed by atoms with van der Waals surface area (Å²) >= 11 is 0. The Labute approximate surface area is 138 Å². The van der Waals surface area contributed by atoms with Gasteiger partial charge in [-0.2, -0.15) is 0 Å². The lowest BCUT2D eigenvalue weighted by Gasteiger charge is -2.16. The van der Waals surface area contributed by atoms with Crippen molar-refractivity contribution in [3.63, 3.8) is 0 Å². The van der Waals surface area contributed by atoms with E-state index >= 15 is 0 Å². The zero-order valence-electron chi connectivity index (χ0n) is 12.9. The molecule has 1 saturated heterocycles. The molecule has 0 radical (unpaired) electrons. The number of carboxylic acids is 1. The van der Waals surface area contributed by atoms with Crippen molar-refractivity contribution in [1.29, 1.82) is 0 Å². The highest BCUT2D eigenvalue weighted by atomic mass is 19.1. The van der Waals surface area contributed by atoms with Crippen molar-refractivity contribution in [2.24, 2.45) is 5.92 Å². The highest BCUT2D eigenvalue weighted by molar-refractivity contribution is 5.99. The van der Waals surface area contributed by atoms with Crippen molar-refractivity contribution < 1.29 is 19.1 Å². The number of carbonyl (C=O) groups is 2. The van der Waals surface area contributed by atoms with Gasteiger partial charge in [0.25, 0.3) is 0 Å². The molecule has 0 aromatic heterocycles. The van der Waals surface area contributed by atoms with Crippen LogP contribution in [0, 0.1) is 11.7 Å². The molecule has 0 spiro atoms. The van der Waals surface area contributed by atoms with E-state index in [0.29, 0.717) is 5.69 Å². The smallest absolute Gasteiger partial charge is 0.308 e. The number of rotatable bonds is 4. The molecule has 1 heterocycles. The third kappa shape index (κ3) is 3.51. The lowest BCUT2D eigenvalue weighted by atomic mass is 10.1. The molecule has 0 aliphatic carbocycles. The summed E-state index contributed by atoms with van der Waals surface area (Å²) in [6.07, 6.45) is 3.69. The number of carbonyl (C=O) groups excluding carboxylic acids is 1.